The Morgan fingerprint density at radius 1 is 1.42 bits per heavy atom. The summed E-state index contributed by atoms with van der Waals surface area (Å²) in [4.78, 5) is 25.6. The Bertz CT molecular complexity index is 331. The molecule has 2 rings (SSSR count). The summed E-state index contributed by atoms with van der Waals surface area (Å²) in [5.41, 5.74) is 0. The Kier molecular flexibility index (Phi) is 5.15. The van der Waals surface area contributed by atoms with Gasteiger partial charge < -0.3 is 15.4 Å². The summed E-state index contributed by atoms with van der Waals surface area (Å²) in [5, 5.41) is 6.09. The van der Waals surface area contributed by atoms with Gasteiger partial charge in [-0.15, -0.1) is 0 Å². The van der Waals surface area contributed by atoms with Gasteiger partial charge in [-0.2, -0.15) is 0 Å². The molecular formula is C13H23N3O3. The van der Waals surface area contributed by atoms with E-state index >= 15 is 0 Å². The molecule has 1 heterocycles. The van der Waals surface area contributed by atoms with Crippen molar-refractivity contribution >= 4 is 11.9 Å². The highest BCUT2D eigenvalue weighted by molar-refractivity contribution is 5.80. The number of ether oxygens (including phenoxy) is 1. The van der Waals surface area contributed by atoms with Gasteiger partial charge in [0.05, 0.1) is 13.2 Å². The van der Waals surface area contributed by atoms with Crippen LogP contribution in [0.5, 0.6) is 0 Å². The summed E-state index contributed by atoms with van der Waals surface area (Å²) in [5.74, 6) is 0.431. The highest BCUT2D eigenvalue weighted by Crippen LogP contribution is 2.27. The maximum Gasteiger partial charge on any atom is 0.324 e. The van der Waals surface area contributed by atoms with Crippen molar-refractivity contribution in [3.63, 3.8) is 0 Å². The number of hydrogen-bond donors (Lipinski definition) is 2. The molecule has 0 aromatic carbocycles. The smallest absolute Gasteiger partial charge is 0.324 e. The molecule has 0 aromatic heterocycles. The number of carbonyl (C=O) groups excluding carboxylic acids is 2. The molecule has 1 saturated carbocycles. The molecule has 0 bridgehead atoms. The minimum absolute atomic E-state index is 0.00287. The third-order valence-corrected chi connectivity index (χ3v) is 3.54. The van der Waals surface area contributed by atoms with E-state index < -0.39 is 0 Å². The zero-order valence-electron chi connectivity index (χ0n) is 11.5. The van der Waals surface area contributed by atoms with Crippen molar-refractivity contribution < 1.29 is 14.3 Å². The molecule has 0 spiro atoms. The van der Waals surface area contributed by atoms with E-state index in [2.05, 4.69) is 10.6 Å². The van der Waals surface area contributed by atoms with Gasteiger partial charge in [0.2, 0.25) is 5.91 Å². The van der Waals surface area contributed by atoms with Crippen molar-refractivity contribution in [2.75, 3.05) is 39.3 Å². The summed E-state index contributed by atoms with van der Waals surface area (Å²) in [7, 11) is 0. The van der Waals surface area contributed by atoms with Crippen LogP contribution >= 0.6 is 0 Å². The predicted octanol–water partition coefficient (Wildman–Crippen LogP) is -0.650. The van der Waals surface area contributed by atoms with Gasteiger partial charge in [0.1, 0.15) is 6.04 Å². The van der Waals surface area contributed by atoms with Crippen LogP contribution in [0.25, 0.3) is 0 Å². The zero-order valence-corrected chi connectivity index (χ0v) is 11.5. The minimum Gasteiger partial charge on any atom is -0.465 e. The van der Waals surface area contributed by atoms with Crippen molar-refractivity contribution in [1.29, 1.82) is 0 Å². The third-order valence-electron chi connectivity index (χ3n) is 3.54. The van der Waals surface area contributed by atoms with E-state index in [4.69, 9.17) is 4.74 Å². The van der Waals surface area contributed by atoms with Gasteiger partial charge >= 0.3 is 5.97 Å². The number of carbonyl (C=O) groups is 2. The van der Waals surface area contributed by atoms with Crippen LogP contribution in [0.1, 0.15) is 19.8 Å². The first kappa shape index (κ1) is 14.3. The average Bonchev–Trinajstić information content (AvgIpc) is 3.21. The van der Waals surface area contributed by atoms with Crippen LogP contribution < -0.4 is 10.6 Å². The first-order valence-electron chi connectivity index (χ1n) is 7.08. The number of amides is 1. The normalized spacial score (nSPS) is 23.9. The fourth-order valence-electron chi connectivity index (χ4n) is 2.23. The first-order chi connectivity index (χ1) is 9.20. The monoisotopic (exact) mass is 269 g/mol. The molecule has 1 aliphatic carbocycles. The molecule has 1 saturated heterocycles. The number of nitrogens with one attached hydrogen (secondary N) is 2. The Morgan fingerprint density at radius 2 is 2.21 bits per heavy atom. The van der Waals surface area contributed by atoms with E-state index in [-0.39, 0.29) is 24.5 Å². The van der Waals surface area contributed by atoms with E-state index in [9.17, 15) is 9.59 Å². The lowest BCUT2D eigenvalue weighted by Crippen LogP contribution is -2.57. The molecule has 2 fully saturated rings. The molecule has 1 aliphatic heterocycles. The molecule has 2 N–H and O–H groups in total. The van der Waals surface area contributed by atoms with Crippen molar-refractivity contribution in [3.8, 4) is 0 Å². The van der Waals surface area contributed by atoms with Gasteiger partial charge in [-0.1, -0.05) is 0 Å². The van der Waals surface area contributed by atoms with E-state index in [1.54, 1.807) is 6.92 Å². The summed E-state index contributed by atoms with van der Waals surface area (Å²) in [6.07, 6.45) is 2.44. The Hall–Kier alpha value is -1.14. The number of rotatable bonds is 6. The van der Waals surface area contributed by atoms with Crippen LogP contribution in [0.15, 0.2) is 0 Å². The van der Waals surface area contributed by atoms with Crippen LogP contribution in [0.3, 0.4) is 0 Å². The highest BCUT2D eigenvalue weighted by Gasteiger charge is 2.31. The molecule has 1 amide bonds. The van der Waals surface area contributed by atoms with Gasteiger partial charge in [0, 0.05) is 26.2 Å². The molecule has 108 valence electrons. The van der Waals surface area contributed by atoms with E-state index in [0.29, 0.717) is 25.6 Å². The van der Waals surface area contributed by atoms with Gasteiger partial charge in [-0.05, 0) is 25.7 Å². The summed E-state index contributed by atoms with van der Waals surface area (Å²) in [6, 6.07) is -0.347. The van der Waals surface area contributed by atoms with Gasteiger partial charge in [0.25, 0.3) is 0 Å². The van der Waals surface area contributed by atoms with Gasteiger partial charge in [0.15, 0.2) is 0 Å². The molecule has 1 atom stereocenters. The highest BCUT2D eigenvalue weighted by atomic mass is 16.5. The largest absolute Gasteiger partial charge is 0.465 e. The number of piperazine rings is 1. The summed E-state index contributed by atoms with van der Waals surface area (Å²) in [6.45, 7) is 5.26. The first-order valence-corrected chi connectivity index (χ1v) is 7.08. The topological polar surface area (TPSA) is 70.7 Å². The second-order valence-electron chi connectivity index (χ2n) is 5.19. The SMILES string of the molecule is CCOC(=O)C1CNCCN1CC(=O)NCC1CC1. The molecule has 2 aliphatic rings. The quantitative estimate of drug-likeness (QED) is 0.627. The van der Waals surface area contributed by atoms with Crippen molar-refractivity contribution in [1.82, 2.24) is 15.5 Å². The van der Waals surface area contributed by atoms with Crippen LogP contribution in [-0.4, -0.2) is 62.1 Å². The number of nitrogens with zero attached hydrogens (tertiary/aromatic N) is 1. The summed E-state index contributed by atoms with van der Waals surface area (Å²) >= 11 is 0. The maximum absolute atomic E-state index is 11.8. The number of hydrogen-bond acceptors (Lipinski definition) is 5. The lowest BCUT2D eigenvalue weighted by atomic mass is 10.2. The molecule has 6 nitrogen and oxygen atoms in total. The van der Waals surface area contributed by atoms with Gasteiger partial charge in [-0.25, -0.2) is 0 Å². The fraction of sp³-hybridized carbons (Fsp3) is 0.846. The van der Waals surface area contributed by atoms with Crippen molar-refractivity contribution in [2.24, 2.45) is 5.92 Å². The second kappa shape index (κ2) is 6.86. The minimum atomic E-state index is -0.347. The lowest BCUT2D eigenvalue weighted by molar-refractivity contribution is -0.150. The Balaban J connectivity index is 1.80. The van der Waals surface area contributed by atoms with Crippen LogP contribution in [0, 0.1) is 5.92 Å². The second-order valence-corrected chi connectivity index (χ2v) is 5.19. The summed E-state index contributed by atoms with van der Waals surface area (Å²) < 4.78 is 5.05. The zero-order chi connectivity index (χ0) is 13.7. The van der Waals surface area contributed by atoms with Crippen molar-refractivity contribution in [3.05, 3.63) is 0 Å². The van der Waals surface area contributed by atoms with Crippen LogP contribution in [0.4, 0.5) is 0 Å². The standard InChI is InChI=1S/C13H23N3O3/c1-2-19-13(18)11-8-14-5-6-16(11)9-12(17)15-7-10-3-4-10/h10-11,14H,2-9H2,1H3,(H,15,17). The van der Waals surface area contributed by atoms with Crippen LogP contribution in [-0.2, 0) is 14.3 Å². The average molecular weight is 269 g/mol. The maximum atomic E-state index is 11.8. The van der Waals surface area contributed by atoms with E-state index in [1.165, 1.54) is 12.8 Å². The van der Waals surface area contributed by atoms with Gasteiger partial charge in [-0.3, -0.25) is 14.5 Å². The molecule has 19 heavy (non-hydrogen) atoms. The van der Waals surface area contributed by atoms with E-state index in [0.717, 1.165) is 13.1 Å². The third kappa shape index (κ3) is 4.47. The predicted molar refractivity (Wildman–Crippen MR) is 70.6 cm³/mol. The fourth-order valence-corrected chi connectivity index (χ4v) is 2.23. The molecular weight excluding hydrogens is 246 g/mol. The Morgan fingerprint density at radius 3 is 2.89 bits per heavy atom. The molecule has 0 aromatic rings. The lowest BCUT2D eigenvalue weighted by Gasteiger charge is -2.33. The molecule has 1 unspecified atom stereocenters. The Labute approximate surface area is 113 Å². The van der Waals surface area contributed by atoms with E-state index in [1.807, 2.05) is 4.90 Å². The van der Waals surface area contributed by atoms with Crippen LogP contribution in [0.2, 0.25) is 0 Å². The molecule has 6 heteroatoms. The van der Waals surface area contributed by atoms with Crippen molar-refractivity contribution in [2.45, 2.75) is 25.8 Å². The number of esters is 1. The molecule has 0 radical (unpaired) electrons.